The molecule has 1 fully saturated rings. The number of likely N-dealkylation sites (tertiary alicyclic amines) is 1. The molecule has 1 aliphatic heterocycles. The Balaban J connectivity index is 1.81. The van der Waals surface area contributed by atoms with E-state index < -0.39 is 0 Å². The summed E-state index contributed by atoms with van der Waals surface area (Å²) in [4.78, 5) is 14.4. The van der Waals surface area contributed by atoms with Gasteiger partial charge in [0.1, 0.15) is 0 Å². The lowest BCUT2D eigenvalue weighted by molar-refractivity contribution is 0.0613. The van der Waals surface area contributed by atoms with E-state index in [1.165, 1.54) is 0 Å². The van der Waals surface area contributed by atoms with Gasteiger partial charge in [0, 0.05) is 30.8 Å². The summed E-state index contributed by atoms with van der Waals surface area (Å²) in [6.07, 6.45) is 3.11. The van der Waals surface area contributed by atoms with Gasteiger partial charge in [-0.05, 0) is 19.3 Å². The van der Waals surface area contributed by atoms with Gasteiger partial charge in [-0.3, -0.25) is 4.79 Å². The maximum atomic E-state index is 12.6. The highest BCUT2D eigenvalue weighted by molar-refractivity contribution is 5.93. The van der Waals surface area contributed by atoms with Gasteiger partial charge in [-0.15, -0.1) is 0 Å². The Morgan fingerprint density at radius 3 is 2.90 bits per heavy atom. The number of nitrogens with zero attached hydrogens (tertiary/aromatic N) is 2. The molecule has 110 valence electrons. The number of carbonyl (C=O) groups is 1. The Bertz CT molecular complexity index is 609. The van der Waals surface area contributed by atoms with Crippen molar-refractivity contribution in [1.82, 2.24) is 10.1 Å². The van der Waals surface area contributed by atoms with Crippen molar-refractivity contribution in [3.05, 3.63) is 42.1 Å². The van der Waals surface area contributed by atoms with Gasteiger partial charge in [-0.25, -0.2) is 0 Å². The molecule has 5 nitrogen and oxygen atoms in total. The molecule has 1 aromatic carbocycles. The molecule has 5 heteroatoms. The second kappa shape index (κ2) is 6.10. The molecule has 0 bridgehead atoms. The topological polar surface area (TPSA) is 72.4 Å². The maximum absolute atomic E-state index is 12.6. The van der Waals surface area contributed by atoms with Gasteiger partial charge >= 0.3 is 0 Å². The Hall–Kier alpha value is -2.14. The summed E-state index contributed by atoms with van der Waals surface area (Å²) >= 11 is 0. The van der Waals surface area contributed by atoms with E-state index in [0.717, 1.165) is 31.4 Å². The summed E-state index contributed by atoms with van der Waals surface area (Å²) in [6.45, 7) is 1.24. The number of aromatic nitrogens is 1. The number of piperidine rings is 1. The standard InChI is InChI=1S/C16H19N3O2/c17-11-13-8-4-5-9-19(13)16(20)14-10-15(21-18-14)12-6-2-1-3-7-12/h1-3,6-7,10,13H,4-5,8-9,11,17H2. The molecule has 0 saturated carbocycles. The van der Waals surface area contributed by atoms with Crippen LogP contribution in [-0.2, 0) is 0 Å². The molecule has 1 amide bonds. The van der Waals surface area contributed by atoms with Crippen molar-refractivity contribution in [1.29, 1.82) is 0 Å². The molecule has 0 spiro atoms. The van der Waals surface area contributed by atoms with Gasteiger partial charge in [0.25, 0.3) is 5.91 Å². The smallest absolute Gasteiger partial charge is 0.276 e. The highest BCUT2D eigenvalue weighted by Crippen LogP contribution is 2.23. The molecule has 2 heterocycles. The van der Waals surface area contributed by atoms with Crippen LogP contribution in [0.3, 0.4) is 0 Å². The highest BCUT2D eigenvalue weighted by Gasteiger charge is 2.28. The van der Waals surface area contributed by atoms with Crippen LogP contribution in [0.25, 0.3) is 11.3 Å². The van der Waals surface area contributed by atoms with Crippen LogP contribution in [0.15, 0.2) is 40.9 Å². The van der Waals surface area contributed by atoms with E-state index >= 15 is 0 Å². The summed E-state index contributed by atoms with van der Waals surface area (Å²) in [5.74, 6) is 0.524. The summed E-state index contributed by atoms with van der Waals surface area (Å²) in [7, 11) is 0. The predicted molar refractivity (Wildman–Crippen MR) is 79.7 cm³/mol. The first-order valence-corrected chi connectivity index (χ1v) is 7.33. The third kappa shape index (κ3) is 2.83. The van der Waals surface area contributed by atoms with Crippen LogP contribution in [0, 0.1) is 0 Å². The van der Waals surface area contributed by atoms with E-state index in [1.54, 1.807) is 6.07 Å². The normalized spacial score (nSPS) is 18.7. The average Bonchev–Trinajstić information content (AvgIpc) is 3.05. The fraction of sp³-hybridized carbons (Fsp3) is 0.375. The third-order valence-corrected chi connectivity index (χ3v) is 3.95. The number of hydrogen-bond acceptors (Lipinski definition) is 4. The molecule has 1 aliphatic rings. The van der Waals surface area contributed by atoms with Crippen LogP contribution in [0.4, 0.5) is 0 Å². The monoisotopic (exact) mass is 285 g/mol. The van der Waals surface area contributed by atoms with Crippen molar-refractivity contribution in [3.8, 4) is 11.3 Å². The number of nitrogens with two attached hydrogens (primary N) is 1. The van der Waals surface area contributed by atoms with E-state index in [1.807, 2.05) is 35.2 Å². The van der Waals surface area contributed by atoms with Crippen molar-refractivity contribution in [2.24, 2.45) is 5.73 Å². The van der Waals surface area contributed by atoms with Gasteiger partial charge in [0.05, 0.1) is 0 Å². The molecule has 1 unspecified atom stereocenters. The van der Waals surface area contributed by atoms with Gasteiger partial charge in [0.15, 0.2) is 11.5 Å². The molecule has 0 radical (unpaired) electrons. The van der Waals surface area contributed by atoms with Crippen LogP contribution in [-0.4, -0.2) is 35.1 Å². The summed E-state index contributed by atoms with van der Waals surface area (Å²) < 4.78 is 5.30. The van der Waals surface area contributed by atoms with Crippen LogP contribution >= 0.6 is 0 Å². The van der Waals surface area contributed by atoms with Crippen LogP contribution in [0.5, 0.6) is 0 Å². The second-order valence-electron chi connectivity index (χ2n) is 5.33. The van der Waals surface area contributed by atoms with Gasteiger partial charge in [0.2, 0.25) is 0 Å². The molecular weight excluding hydrogens is 266 g/mol. The maximum Gasteiger partial charge on any atom is 0.276 e. The minimum absolute atomic E-state index is 0.0870. The quantitative estimate of drug-likeness (QED) is 0.939. The zero-order chi connectivity index (χ0) is 14.7. The zero-order valence-electron chi connectivity index (χ0n) is 11.9. The van der Waals surface area contributed by atoms with E-state index in [2.05, 4.69) is 5.16 Å². The van der Waals surface area contributed by atoms with Gasteiger partial charge in [-0.1, -0.05) is 35.5 Å². The lowest BCUT2D eigenvalue weighted by atomic mass is 10.0. The molecule has 0 aliphatic carbocycles. The Morgan fingerprint density at radius 1 is 1.33 bits per heavy atom. The first-order chi connectivity index (χ1) is 10.3. The zero-order valence-corrected chi connectivity index (χ0v) is 11.9. The fourth-order valence-electron chi connectivity index (χ4n) is 2.77. The molecule has 3 rings (SSSR count). The number of hydrogen-bond donors (Lipinski definition) is 1. The van der Waals surface area contributed by atoms with Crippen molar-refractivity contribution in [3.63, 3.8) is 0 Å². The molecule has 1 atom stereocenters. The molecular formula is C16H19N3O2. The number of benzene rings is 1. The molecule has 1 saturated heterocycles. The first-order valence-electron chi connectivity index (χ1n) is 7.33. The Labute approximate surface area is 123 Å². The number of rotatable bonds is 3. The minimum Gasteiger partial charge on any atom is -0.355 e. The second-order valence-corrected chi connectivity index (χ2v) is 5.33. The van der Waals surface area contributed by atoms with Crippen LogP contribution in [0.2, 0.25) is 0 Å². The fourth-order valence-corrected chi connectivity index (χ4v) is 2.77. The van der Waals surface area contributed by atoms with Crippen molar-refractivity contribution < 1.29 is 9.32 Å². The van der Waals surface area contributed by atoms with Crippen molar-refractivity contribution >= 4 is 5.91 Å². The largest absolute Gasteiger partial charge is 0.355 e. The van der Waals surface area contributed by atoms with Gasteiger partial charge < -0.3 is 15.2 Å². The Kier molecular flexibility index (Phi) is 4.01. The summed E-state index contributed by atoms with van der Waals surface area (Å²) in [5, 5.41) is 3.93. The lowest BCUT2D eigenvalue weighted by Crippen LogP contribution is -2.47. The van der Waals surface area contributed by atoms with Crippen molar-refractivity contribution in [2.75, 3.05) is 13.1 Å². The van der Waals surface area contributed by atoms with Crippen LogP contribution < -0.4 is 5.73 Å². The first kappa shape index (κ1) is 13.8. The van der Waals surface area contributed by atoms with Gasteiger partial charge in [-0.2, -0.15) is 0 Å². The summed E-state index contributed by atoms with van der Waals surface area (Å²) in [6, 6.07) is 11.5. The van der Waals surface area contributed by atoms with Crippen molar-refractivity contribution in [2.45, 2.75) is 25.3 Å². The van der Waals surface area contributed by atoms with E-state index in [4.69, 9.17) is 10.3 Å². The number of amides is 1. The van der Waals surface area contributed by atoms with E-state index in [9.17, 15) is 4.79 Å². The molecule has 2 aromatic rings. The molecule has 21 heavy (non-hydrogen) atoms. The Morgan fingerprint density at radius 2 is 2.14 bits per heavy atom. The van der Waals surface area contributed by atoms with E-state index in [-0.39, 0.29) is 11.9 Å². The SMILES string of the molecule is NCC1CCCCN1C(=O)c1cc(-c2ccccc2)on1. The minimum atomic E-state index is -0.0870. The highest BCUT2D eigenvalue weighted by atomic mass is 16.5. The lowest BCUT2D eigenvalue weighted by Gasteiger charge is -2.34. The third-order valence-electron chi connectivity index (χ3n) is 3.95. The van der Waals surface area contributed by atoms with Crippen LogP contribution in [0.1, 0.15) is 29.8 Å². The average molecular weight is 285 g/mol. The number of carbonyl (C=O) groups excluding carboxylic acids is 1. The molecule has 1 aromatic heterocycles. The predicted octanol–water partition coefficient (Wildman–Crippen LogP) is 2.29. The molecule has 2 N–H and O–H groups in total. The van der Waals surface area contributed by atoms with E-state index in [0.29, 0.717) is 18.0 Å². The summed E-state index contributed by atoms with van der Waals surface area (Å²) in [5.41, 5.74) is 7.04.